The average Bonchev–Trinajstić information content (AvgIpc) is 3.23. The molecule has 0 aliphatic carbocycles. The lowest BCUT2D eigenvalue weighted by atomic mass is 10.2. The Bertz CT molecular complexity index is 996. The molecule has 8 heteroatoms. The van der Waals surface area contributed by atoms with Crippen molar-refractivity contribution in [3.8, 4) is 5.69 Å². The second kappa shape index (κ2) is 8.13. The Morgan fingerprint density at radius 3 is 2.22 bits per heavy atom. The van der Waals surface area contributed by atoms with Gasteiger partial charge < -0.3 is 4.74 Å². The van der Waals surface area contributed by atoms with Crippen LogP contribution in [0.1, 0.15) is 30.1 Å². The van der Waals surface area contributed by atoms with Gasteiger partial charge in [-0.25, -0.2) is 22.9 Å². The van der Waals surface area contributed by atoms with Crippen molar-refractivity contribution < 1.29 is 17.9 Å². The van der Waals surface area contributed by atoms with Crippen molar-refractivity contribution in [3.63, 3.8) is 0 Å². The number of sulfone groups is 1. The molecule has 0 saturated heterocycles. The topological polar surface area (TPSA) is 91.2 Å². The molecule has 27 heavy (non-hydrogen) atoms. The number of aromatic nitrogens is 3. The minimum atomic E-state index is -3.69. The molecule has 3 aromatic rings. The molecule has 0 aliphatic rings. The van der Waals surface area contributed by atoms with Crippen LogP contribution in [0.2, 0.25) is 0 Å². The van der Waals surface area contributed by atoms with Gasteiger partial charge in [-0.2, -0.15) is 5.10 Å². The smallest absolute Gasteiger partial charge is 0.338 e. The molecule has 1 aromatic heterocycles. The van der Waals surface area contributed by atoms with Crippen LogP contribution in [0.25, 0.3) is 5.69 Å². The van der Waals surface area contributed by atoms with Crippen molar-refractivity contribution in [2.24, 2.45) is 0 Å². The fourth-order valence-electron chi connectivity index (χ4n) is 2.42. The normalized spacial score (nSPS) is 11.3. The number of hydrogen-bond acceptors (Lipinski definition) is 6. The Kier molecular flexibility index (Phi) is 5.66. The predicted molar refractivity (Wildman–Crippen MR) is 98.4 cm³/mol. The number of rotatable bonds is 7. The van der Waals surface area contributed by atoms with Crippen molar-refractivity contribution in [1.82, 2.24) is 14.8 Å². The Hall–Kier alpha value is -3.00. The van der Waals surface area contributed by atoms with Crippen LogP contribution < -0.4 is 0 Å². The lowest BCUT2D eigenvalue weighted by Gasteiger charge is -2.08. The fraction of sp³-hybridized carbons (Fsp3) is 0.211. The first kappa shape index (κ1) is 18.8. The molecule has 0 atom stereocenters. The highest BCUT2D eigenvalue weighted by Gasteiger charge is 2.18. The van der Waals surface area contributed by atoms with Crippen LogP contribution in [0.15, 0.2) is 71.0 Å². The summed E-state index contributed by atoms with van der Waals surface area (Å²) < 4.78 is 32.2. The highest BCUT2D eigenvalue weighted by Crippen LogP contribution is 2.22. The Labute approximate surface area is 157 Å². The van der Waals surface area contributed by atoms with Gasteiger partial charge in [0.1, 0.15) is 12.7 Å². The van der Waals surface area contributed by atoms with Gasteiger partial charge in [0, 0.05) is 0 Å². The maximum atomic E-state index is 12.8. The molecule has 3 rings (SSSR count). The van der Waals surface area contributed by atoms with E-state index in [2.05, 4.69) is 10.1 Å². The zero-order chi connectivity index (χ0) is 19.3. The molecule has 7 nitrogen and oxygen atoms in total. The van der Waals surface area contributed by atoms with Crippen molar-refractivity contribution in [2.75, 3.05) is 6.61 Å². The van der Waals surface area contributed by atoms with Gasteiger partial charge in [0.25, 0.3) is 0 Å². The third kappa shape index (κ3) is 4.22. The maximum absolute atomic E-state index is 12.8. The molecule has 0 spiro atoms. The van der Waals surface area contributed by atoms with Crippen molar-refractivity contribution in [1.29, 1.82) is 0 Å². The first-order valence-electron chi connectivity index (χ1n) is 8.49. The van der Waals surface area contributed by atoms with E-state index in [4.69, 9.17) is 4.74 Å². The zero-order valence-corrected chi connectivity index (χ0v) is 15.6. The molecule has 2 aromatic carbocycles. The number of nitrogens with zero attached hydrogens (tertiary/aromatic N) is 3. The van der Waals surface area contributed by atoms with E-state index in [1.54, 1.807) is 12.1 Å². The van der Waals surface area contributed by atoms with Gasteiger partial charge in [-0.1, -0.05) is 13.3 Å². The molecule has 1 heterocycles. The Morgan fingerprint density at radius 2 is 1.67 bits per heavy atom. The van der Waals surface area contributed by atoms with E-state index in [0.29, 0.717) is 17.9 Å². The summed E-state index contributed by atoms with van der Waals surface area (Å²) in [5.74, 6) is -0.454. The van der Waals surface area contributed by atoms with E-state index < -0.39 is 15.8 Å². The lowest BCUT2D eigenvalue weighted by Crippen LogP contribution is -2.07. The molecule has 0 N–H and O–H groups in total. The first-order chi connectivity index (χ1) is 13.0. The number of carbonyl (C=O) groups is 1. The fourth-order valence-corrected chi connectivity index (χ4v) is 3.68. The van der Waals surface area contributed by atoms with Crippen LogP contribution in [0.3, 0.4) is 0 Å². The van der Waals surface area contributed by atoms with Crippen LogP contribution >= 0.6 is 0 Å². The number of unbranched alkanes of at least 4 members (excludes halogenated alkanes) is 1. The van der Waals surface area contributed by atoms with E-state index in [-0.39, 0.29) is 9.79 Å². The highest BCUT2D eigenvalue weighted by molar-refractivity contribution is 7.91. The average molecular weight is 385 g/mol. The summed E-state index contributed by atoms with van der Waals surface area (Å²) in [7, 11) is -3.69. The quantitative estimate of drug-likeness (QED) is 0.459. The van der Waals surface area contributed by atoms with Gasteiger partial charge in [0.05, 0.1) is 27.6 Å². The van der Waals surface area contributed by atoms with Crippen LogP contribution in [0.4, 0.5) is 0 Å². The zero-order valence-electron chi connectivity index (χ0n) is 14.8. The van der Waals surface area contributed by atoms with Gasteiger partial charge in [-0.05, 0) is 55.0 Å². The summed E-state index contributed by atoms with van der Waals surface area (Å²) in [6.45, 7) is 2.36. The molecular weight excluding hydrogens is 366 g/mol. The third-order valence-corrected chi connectivity index (χ3v) is 5.75. The van der Waals surface area contributed by atoms with Gasteiger partial charge in [0.2, 0.25) is 9.84 Å². The van der Waals surface area contributed by atoms with Crippen LogP contribution in [-0.2, 0) is 14.6 Å². The van der Waals surface area contributed by atoms with E-state index in [0.717, 1.165) is 12.8 Å². The molecule has 0 aliphatic heterocycles. The van der Waals surface area contributed by atoms with Gasteiger partial charge in [-0.3, -0.25) is 0 Å². The standard InChI is InChI=1S/C19H19N3O4S/c1-2-3-12-26-19(23)15-4-8-17(9-5-15)27(24,25)18-10-6-16(7-11-18)22-14-20-13-21-22/h4-11,13-14H,2-3,12H2,1H3. The van der Waals surface area contributed by atoms with Gasteiger partial charge >= 0.3 is 5.97 Å². The number of hydrogen-bond donors (Lipinski definition) is 0. The highest BCUT2D eigenvalue weighted by atomic mass is 32.2. The summed E-state index contributed by atoms with van der Waals surface area (Å²) in [5, 5.41) is 4.00. The second-order valence-corrected chi connectivity index (χ2v) is 7.80. The van der Waals surface area contributed by atoms with E-state index in [1.165, 1.54) is 53.7 Å². The number of ether oxygens (including phenoxy) is 1. The lowest BCUT2D eigenvalue weighted by molar-refractivity contribution is 0.0499. The largest absolute Gasteiger partial charge is 0.462 e. The summed E-state index contributed by atoms with van der Waals surface area (Å²) in [5.41, 5.74) is 1.03. The minimum absolute atomic E-state index is 0.112. The molecule has 0 saturated carbocycles. The molecule has 140 valence electrons. The van der Waals surface area contributed by atoms with Crippen molar-refractivity contribution >= 4 is 15.8 Å². The second-order valence-electron chi connectivity index (χ2n) is 5.85. The van der Waals surface area contributed by atoms with Crippen LogP contribution in [0.5, 0.6) is 0 Å². The third-order valence-electron chi connectivity index (χ3n) is 3.96. The Morgan fingerprint density at radius 1 is 1.04 bits per heavy atom. The Balaban J connectivity index is 1.77. The maximum Gasteiger partial charge on any atom is 0.338 e. The molecular formula is C19H19N3O4S. The summed E-state index contributed by atoms with van der Waals surface area (Å²) in [4.78, 5) is 16.0. The van der Waals surface area contributed by atoms with E-state index in [1.807, 2.05) is 6.92 Å². The number of carbonyl (C=O) groups excluding carboxylic acids is 1. The van der Waals surface area contributed by atoms with E-state index in [9.17, 15) is 13.2 Å². The van der Waals surface area contributed by atoms with Crippen molar-refractivity contribution in [3.05, 3.63) is 66.7 Å². The van der Waals surface area contributed by atoms with Gasteiger partial charge in [0.15, 0.2) is 0 Å². The molecule has 0 bridgehead atoms. The SMILES string of the molecule is CCCCOC(=O)c1ccc(S(=O)(=O)c2ccc(-n3cncn3)cc2)cc1. The molecule has 0 radical (unpaired) electrons. The molecule has 0 amide bonds. The summed E-state index contributed by atoms with van der Waals surface area (Å²) >= 11 is 0. The van der Waals surface area contributed by atoms with Gasteiger partial charge in [-0.15, -0.1) is 0 Å². The molecule has 0 fully saturated rings. The summed E-state index contributed by atoms with van der Waals surface area (Å²) in [6.07, 6.45) is 4.66. The number of benzene rings is 2. The molecule has 0 unspecified atom stereocenters. The van der Waals surface area contributed by atoms with Crippen LogP contribution in [-0.4, -0.2) is 35.8 Å². The minimum Gasteiger partial charge on any atom is -0.462 e. The predicted octanol–water partition coefficient (Wildman–Crippen LogP) is 3.06. The monoisotopic (exact) mass is 385 g/mol. The summed E-state index contributed by atoms with van der Waals surface area (Å²) in [6, 6.07) is 12.1. The van der Waals surface area contributed by atoms with E-state index >= 15 is 0 Å². The van der Waals surface area contributed by atoms with Crippen molar-refractivity contribution in [2.45, 2.75) is 29.6 Å². The number of esters is 1. The first-order valence-corrected chi connectivity index (χ1v) is 9.98. The van der Waals surface area contributed by atoms with Crippen LogP contribution in [0, 0.1) is 0 Å².